The highest BCUT2D eigenvalue weighted by Crippen LogP contribution is 2.28. The van der Waals surface area contributed by atoms with E-state index in [1.165, 1.54) is 0 Å². The van der Waals surface area contributed by atoms with Crippen molar-refractivity contribution < 1.29 is 9.53 Å². The van der Waals surface area contributed by atoms with Crippen LogP contribution >= 0.6 is 0 Å². The zero-order valence-corrected chi connectivity index (χ0v) is 11.4. The normalized spacial score (nSPS) is 14.6. The molecule has 0 spiro atoms. The molecule has 0 saturated heterocycles. The number of nitrogens with zero attached hydrogens (tertiary/aromatic N) is 3. The van der Waals surface area contributed by atoms with E-state index < -0.39 is 0 Å². The van der Waals surface area contributed by atoms with Crippen LogP contribution in [0.25, 0.3) is 5.82 Å². The lowest BCUT2D eigenvalue weighted by Gasteiger charge is -2.13. The van der Waals surface area contributed by atoms with Crippen LogP contribution in [0.1, 0.15) is 34.6 Å². The Morgan fingerprint density at radius 3 is 2.79 bits per heavy atom. The van der Waals surface area contributed by atoms with Gasteiger partial charge in [-0.3, -0.25) is 4.79 Å². The van der Waals surface area contributed by atoms with Gasteiger partial charge >= 0.3 is 0 Å². The van der Waals surface area contributed by atoms with E-state index in [-0.39, 0.29) is 5.78 Å². The van der Waals surface area contributed by atoms with E-state index in [1.807, 2.05) is 26.1 Å². The van der Waals surface area contributed by atoms with Gasteiger partial charge < -0.3 is 9.30 Å². The van der Waals surface area contributed by atoms with E-state index in [4.69, 9.17) is 4.74 Å². The average Bonchev–Trinajstić information content (AvgIpc) is 2.90. The van der Waals surface area contributed by atoms with Crippen LogP contribution in [0.2, 0.25) is 0 Å². The molecule has 0 amide bonds. The number of ketones is 1. The van der Waals surface area contributed by atoms with Gasteiger partial charge in [0.25, 0.3) is 0 Å². The zero-order chi connectivity index (χ0) is 13.6. The lowest BCUT2D eigenvalue weighted by atomic mass is 9.97. The van der Waals surface area contributed by atoms with Gasteiger partial charge in [0.1, 0.15) is 0 Å². The maximum absolute atomic E-state index is 11.9. The molecule has 2 aromatic rings. The molecule has 0 fully saturated rings. The molecule has 0 radical (unpaired) electrons. The Morgan fingerprint density at radius 2 is 2.11 bits per heavy atom. The SMILES string of the molecule is COc1cc(-n2c(C)cc3c2CCCC3=O)nn1C. The zero-order valence-electron chi connectivity index (χ0n) is 11.4. The molecule has 5 nitrogen and oxygen atoms in total. The first-order chi connectivity index (χ1) is 9.11. The van der Waals surface area contributed by atoms with E-state index in [9.17, 15) is 4.79 Å². The second-order valence-electron chi connectivity index (χ2n) is 4.93. The fourth-order valence-corrected chi connectivity index (χ4v) is 2.78. The largest absolute Gasteiger partial charge is 0.481 e. The Balaban J connectivity index is 2.17. The fourth-order valence-electron chi connectivity index (χ4n) is 2.78. The van der Waals surface area contributed by atoms with Gasteiger partial charge in [-0.15, -0.1) is 0 Å². The number of methoxy groups -OCH3 is 1. The van der Waals surface area contributed by atoms with Crippen LogP contribution in [0.5, 0.6) is 5.88 Å². The second kappa shape index (κ2) is 4.26. The standard InChI is InChI=1S/C14H17N3O2/c1-9-7-10-11(5-4-6-12(10)18)17(9)13-8-14(19-3)16(2)15-13/h7-8H,4-6H2,1-3H3. The lowest BCUT2D eigenvalue weighted by molar-refractivity contribution is 0.0972. The minimum absolute atomic E-state index is 0.242. The molecular weight excluding hydrogens is 242 g/mol. The van der Waals surface area contributed by atoms with Crippen LogP contribution in [-0.2, 0) is 13.5 Å². The molecular formula is C14H17N3O2. The molecule has 0 aromatic carbocycles. The summed E-state index contributed by atoms with van der Waals surface area (Å²) in [6.07, 6.45) is 2.50. The summed E-state index contributed by atoms with van der Waals surface area (Å²) in [6, 6.07) is 3.87. The third kappa shape index (κ3) is 1.77. The third-order valence-electron chi connectivity index (χ3n) is 3.67. The average molecular weight is 259 g/mol. The van der Waals surface area contributed by atoms with E-state index in [0.29, 0.717) is 12.3 Å². The summed E-state index contributed by atoms with van der Waals surface area (Å²) in [5.41, 5.74) is 2.98. The number of fused-ring (bicyclic) bond motifs is 1. The Bertz CT molecular complexity index is 652. The Kier molecular flexibility index (Phi) is 2.69. The summed E-state index contributed by atoms with van der Waals surface area (Å²) in [5, 5.41) is 4.46. The molecule has 100 valence electrons. The maximum atomic E-state index is 11.9. The van der Waals surface area contributed by atoms with Crippen molar-refractivity contribution in [3.63, 3.8) is 0 Å². The molecule has 2 aromatic heterocycles. The smallest absolute Gasteiger partial charge is 0.213 e. The van der Waals surface area contributed by atoms with Gasteiger partial charge in [0.15, 0.2) is 11.6 Å². The Morgan fingerprint density at radius 1 is 1.32 bits per heavy atom. The molecule has 0 atom stereocenters. The molecule has 19 heavy (non-hydrogen) atoms. The number of aryl methyl sites for hydroxylation is 2. The number of aromatic nitrogens is 3. The Hall–Kier alpha value is -2.04. The molecule has 0 N–H and O–H groups in total. The fraction of sp³-hybridized carbons (Fsp3) is 0.429. The number of hydrogen-bond acceptors (Lipinski definition) is 3. The first kappa shape index (κ1) is 12.0. The van der Waals surface area contributed by atoms with Crippen LogP contribution < -0.4 is 4.74 Å². The van der Waals surface area contributed by atoms with Crippen LogP contribution in [-0.4, -0.2) is 27.2 Å². The van der Waals surface area contributed by atoms with Gasteiger partial charge in [-0.25, -0.2) is 4.68 Å². The number of ether oxygens (including phenoxy) is 1. The molecule has 5 heteroatoms. The molecule has 0 unspecified atom stereocenters. The van der Waals surface area contributed by atoms with Gasteiger partial charge in [-0.2, -0.15) is 5.10 Å². The van der Waals surface area contributed by atoms with Gasteiger partial charge in [-0.1, -0.05) is 0 Å². The van der Waals surface area contributed by atoms with Gasteiger partial charge in [0.05, 0.1) is 7.11 Å². The van der Waals surface area contributed by atoms with Crippen molar-refractivity contribution >= 4 is 5.78 Å². The molecule has 0 bridgehead atoms. The van der Waals surface area contributed by atoms with E-state index >= 15 is 0 Å². The predicted octanol–water partition coefficient (Wildman–Crippen LogP) is 2.05. The predicted molar refractivity (Wildman–Crippen MR) is 71.1 cm³/mol. The van der Waals surface area contributed by atoms with Crippen molar-refractivity contribution in [2.24, 2.45) is 7.05 Å². The quantitative estimate of drug-likeness (QED) is 0.829. The van der Waals surface area contributed by atoms with Crippen LogP contribution in [0.4, 0.5) is 0 Å². The topological polar surface area (TPSA) is 49.1 Å². The molecule has 3 rings (SSSR count). The number of carbonyl (C=O) groups is 1. The molecule has 1 aliphatic carbocycles. The summed E-state index contributed by atoms with van der Waals surface area (Å²) in [7, 11) is 3.47. The molecule has 0 aliphatic heterocycles. The summed E-state index contributed by atoms with van der Waals surface area (Å²) >= 11 is 0. The summed E-state index contributed by atoms with van der Waals surface area (Å²) in [4.78, 5) is 11.9. The number of hydrogen-bond donors (Lipinski definition) is 0. The monoisotopic (exact) mass is 259 g/mol. The number of carbonyl (C=O) groups excluding carboxylic acids is 1. The minimum atomic E-state index is 0.242. The van der Waals surface area contributed by atoms with E-state index in [0.717, 1.165) is 35.6 Å². The van der Waals surface area contributed by atoms with Crippen molar-refractivity contribution in [2.45, 2.75) is 26.2 Å². The summed E-state index contributed by atoms with van der Waals surface area (Å²) < 4.78 is 9.01. The first-order valence-corrected chi connectivity index (χ1v) is 6.44. The Labute approximate surface area is 111 Å². The van der Waals surface area contributed by atoms with Crippen LogP contribution in [0, 0.1) is 6.92 Å². The maximum Gasteiger partial charge on any atom is 0.213 e. The van der Waals surface area contributed by atoms with Crippen LogP contribution in [0.15, 0.2) is 12.1 Å². The van der Waals surface area contributed by atoms with Gasteiger partial charge in [-0.05, 0) is 25.8 Å². The van der Waals surface area contributed by atoms with E-state index in [2.05, 4.69) is 9.67 Å². The highest BCUT2D eigenvalue weighted by Gasteiger charge is 2.24. The summed E-state index contributed by atoms with van der Waals surface area (Å²) in [5.74, 6) is 1.76. The lowest BCUT2D eigenvalue weighted by Crippen LogP contribution is -2.13. The number of rotatable bonds is 2. The highest BCUT2D eigenvalue weighted by molar-refractivity contribution is 5.98. The van der Waals surface area contributed by atoms with E-state index in [1.54, 1.807) is 11.8 Å². The van der Waals surface area contributed by atoms with Crippen LogP contribution in [0.3, 0.4) is 0 Å². The number of Topliss-reactive ketones (excluding diaryl/α,β-unsaturated/α-hetero) is 1. The van der Waals surface area contributed by atoms with Crippen molar-refractivity contribution in [3.8, 4) is 11.7 Å². The first-order valence-electron chi connectivity index (χ1n) is 6.44. The molecule has 2 heterocycles. The highest BCUT2D eigenvalue weighted by atomic mass is 16.5. The molecule has 1 aliphatic rings. The second-order valence-corrected chi connectivity index (χ2v) is 4.93. The van der Waals surface area contributed by atoms with Crippen molar-refractivity contribution in [1.29, 1.82) is 0 Å². The minimum Gasteiger partial charge on any atom is -0.481 e. The van der Waals surface area contributed by atoms with Gasteiger partial charge in [0.2, 0.25) is 5.88 Å². The van der Waals surface area contributed by atoms with Gasteiger partial charge in [0, 0.05) is 36.5 Å². The third-order valence-corrected chi connectivity index (χ3v) is 3.67. The summed E-state index contributed by atoms with van der Waals surface area (Å²) in [6.45, 7) is 2.01. The van der Waals surface area contributed by atoms with Crippen molar-refractivity contribution in [1.82, 2.24) is 14.3 Å². The van der Waals surface area contributed by atoms with Crippen molar-refractivity contribution in [2.75, 3.05) is 7.11 Å². The molecule has 0 saturated carbocycles. The van der Waals surface area contributed by atoms with Crippen molar-refractivity contribution in [3.05, 3.63) is 29.1 Å².